The average Bonchev–Trinajstić information content (AvgIpc) is 3.11. The van der Waals surface area contributed by atoms with Crippen molar-refractivity contribution in [2.75, 3.05) is 6.54 Å². The van der Waals surface area contributed by atoms with Crippen LogP contribution in [0.1, 0.15) is 11.1 Å². The van der Waals surface area contributed by atoms with Gasteiger partial charge in [0.25, 0.3) is 0 Å². The van der Waals surface area contributed by atoms with Crippen LogP contribution in [0.15, 0.2) is 85.6 Å². The maximum Gasteiger partial charge on any atom is 0.123 e. The van der Waals surface area contributed by atoms with E-state index < -0.39 is 0 Å². The SMILES string of the molecule is C=C(NCCc1c[nH]c2ccc(F)cc12)c1ccc(-c2ccccc2)cc1. The van der Waals surface area contributed by atoms with Gasteiger partial charge in [-0.05, 0) is 46.9 Å². The van der Waals surface area contributed by atoms with Crippen LogP contribution in [0.5, 0.6) is 0 Å². The van der Waals surface area contributed by atoms with Crippen LogP contribution in [0.25, 0.3) is 27.7 Å². The third-order valence-corrected chi connectivity index (χ3v) is 4.80. The lowest BCUT2D eigenvalue weighted by atomic mass is 10.0. The van der Waals surface area contributed by atoms with Gasteiger partial charge in [0.1, 0.15) is 5.82 Å². The molecule has 0 unspecified atom stereocenters. The van der Waals surface area contributed by atoms with E-state index >= 15 is 0 Å². The molecule has 0 saturated carbocycles. The fourth-order valence-electron chi connectivity index (χ4n) is 3.30. The van der Waals surface area contributed by atoms with Crippen molar-refractivity contribution in [3.05, 3.63) is 103 Å². The first kappa shape index (κ1) is 17.1. The lowest BCUT2D eigenvalue weighted by molar-refractivity contribution is 0.629. The molecule has 134 valence electrons. The van der Waals surface area contributed by atoms with Gasteiger partial charge in [0.15, 0.2) is 0 Å². The van der Waals surface area contributed by atoms with Crippen molar-refractivity contribution in [3.63, 3.8) is 0 Å². The molecule has 2 nitrogen and oxygen atoms in total. The Morgan fingerprint density at radius 2 is 1.67 bits per heavy atom. The molecule has 0 bridgehead atoms. The molecule has 1 aromatic heterocycles. The van der Waals surface area contributed by atoms with Crippen molar-refractivity contribution in [2.45, 2.75) is 6.42 Å². The van der Waals surface area contributed by atoms with Crippen molar-refractivity contribution in [1.29, 1.82) is 0 Å². The minimum absolute atomic E-state index is 0.209. The highest BCUT2D eigenvalue weighted by Gasteiger charge is 2.06. The number of rotatable bonds is 6. The van der Waals surface area contributed by atoms with Gasteiger partial charge in [-0.2, -0.15) is 0 Å². The van der Waals surface area contributed by atoms with Gasteiger partial charge < -0.3 is 10.3 Å². The normalized spacial score (nSPS) is 10.9. The van der Waals surface area contributed by atoms with Crippen LogP contribution in [-0.4, -0.2) is 11.5 Å². The monoisotopic (exact) mass is 356 g/mol. The summed E-state index contributed by atoms with van der Waals surface area (Å²) in [6.45, 7) is 4.88. The fourth-order valence-corrected chi connectivity index (χ4v) is 3.30. The average molecular weight is 356 g/mol. The number of H-pyrrole nitrogens is 1. The maximum atomic E-state index is 13.5. The third kappa shape index (κ3) is 3.77. The molecule has 0 amide bonds. The highest BCUT2D eigenvalue weighted by molar-refractivity contribution is 5.83. The molecule has 0 aliphatic carbocycles. The van der Waals surface area contributed by atoms with Crippen LogP contribution in [0, 0.1) is 5.82 Å². The van der Waals surface area contributed by atoms with Crippen LogP contribution >= 0.6 is 0 Å². The number of hydrogen-bond acceptors (Lipinski definition) is 1. The van der Waals surface area contributed by atoms with Crippen LogP contribution in [-0.2, 0) is 6.42 Å². The summed E-state index contributed by atoms with van der Waals surface area (Å²) in [5.74, 6) is -0.209. The molecule has 2 N–H and O–H groups in total. The summed E-state index contributed by atoms with van der Waals surface area (Å²) in [4.78, 5) is 3.19. The Morgan fingerprint density at radius 1 is 0.926 bits per heavy atom. The second kappa shape index (κ2) is 7.50. The molecular formula is C24H21FN2. The van der Waals surface area contributed by atoms with Crippen molar-refractivity contribution < 1.29 is 4.39 Å². The Bertz CT molecular complexity index is 1060. The predicted molar refractivity (Wildman–Crippen MR) is 111 cm³/mol. The summed E-state index contributed by atoms with van der Waals surface area (Å²) in [6, 6.07) is 23.5. The van der Waals surface area contributed by atoms with Crippen LogP contribution < -0.4 is 5.32 Å². The van der Waals surface area contributed by atoms with Gasteiger partial charge in [0.05, 0.1) is 0 Å². The van der Waals surface area contributed by atoms with Crippen molar-refractivity contribution >= 4 is 16.6 Å². The first-order valence-corrected chi connectivity index (χ1v) is 9.05. The van der Waals surface area contributed by atoms with E-state index in [4.69, 9.17) is 0 Å². The summed E-state index contributed by atoms with van der Waals surface area (Å²) in [5, 5.41) is 4.31. The van der Waals surface area contributed by atoms with Gasteiger partial charge in [-0.15, -0.1) is 0 Å². The topological polar surface area (TPSA) is 27.8 Å². The summed E-state index contributed by atoms with van der Waals surface area (Å²) in [7, 11) is 0. The Morgan fingerprint density at radius 3 is 2.44 bits per heavy atom. The largest absolute Gasteiger partial charge is 0.385 e. The Hall–Kier alpha value is -3.33. The summed E-state index contributed by atoms with van der Waals surface area (Å²) < 4.78 is 13.5. The zero-order valence-electron chi connectivity index (χ0n) is 15.0. The van der Waals surface area contributed by atoms with E-state index in [0.717, 1.165) is 40.7 Å². The molecule has 0 aliphatic rings. The molecule has 0 fully saturated rings. The Kier molecular flexibility index (Phi) is 4.75. The van der Waals surface area contributed by atoms with Crippen LogP contribution in [0.3, 0.4) is 0 Å². The fraction of sp³-hybridized carbons (Fsp3) is 0.0833. The zero-order valence-corrected chi connectivity index (χ0v) is 15.0. The van der Waals surface area contributed by atoms with Gasteiger partial charge in [-0.3, -0.25) is 0 Å². The number of hydrogen-bond donors (Lipinski definition) is 2. The van der Waals surface area contributed by atoms with Crippen LogP contribution in [0.2, 0.25) is 0 Å². The van der Waals surface area contributed by atoms with E-state index in [1.165, 1.54) is 17.2 Å². The van der Waals surface area contributed by atoms with E-state index in [2.05, 4.69) is 53.3 Å². The first-order chi connectivity index (χ1) is 13.2. The molecule has 3 heteroatoms. The molecule has 4 rings (SSSR count). The van der Waals surface area contributed by atoms with Gasteiger partial charge in [0.2, 0.25) is 0 Å². The molecule has 0 atom stereocenters. The Labute approximate surface area is 158 Å². The van der Waals surface area contributed by atoms with Crippen LogP contribution in [0.4, 0.5) is 4.39 Å². The minimum atomic E-state index is -0.209. The Balaban J connectivity index is 1.38. The smallest absolute Gasteiger partial charge is 0.123 e. The quantitative estimate of drug-likeness (QED) is 0.450. The molecule has 0 spiro atoms. The van der Waals surface area contributed by atoms with E-state index in [0.29, 0.717) is 0 Å². The number of halogens is 1. The number of nitrogens with one attached hydrogen (secondary N) is 2. The summed E-state index contributed by atoms with van der Waals surface area (Å²) >= 11 is 0. The number of aromatic amines is 1. The zero-order chi connectivity index (χ0) is 18.6. The maximum absolute atomic E-state index is 13.5. The lowest BCUT2D eigenvalue weighted by Crippen LogP contribution is -2.14. The van der Waals surface area contributed by atoms with Gasteiger partial charge in [-0.1, -0.05) is 61.2 Å². The van der Waals surface area contributed by atoms with E-state index in [1.54, 1.807) is 12.1 Å². The molecular weight excluding hydrogens is 335 g/mol. The van der Waals surface area contributed by atoms with E-state index in [-0.39, 0.29) is 5.82 Å². The molecule has 0 radical (unpaired) electrons. The summed E-state index contributed by atoms with van der Waals surface area (Å²) in [6.07, 6.45) is 2.74. The predicted octanol–water partition coefficient (Wildman–Crippen LogP) is 5.78. The number of fused-ring (bicyclic) bond motifs is 1. The van der Waals surface area contributed by atoms with E-state index in [9.17, 15) is 4.39 Å². The van der Waals surface area contributed by atoms with Gasteiger partial charge in [-0.25, -0.2) is 4.39 Å². The second-order valence-corrected chi connectivity index (χ2v) is 6.60. The van der Waals surface area contributed by atoms with Gasteiger partial charge in [0, 0.05) is 29.3 Å². The van der Waals surface area contributed by atoms with Crippen molar-refractivity contribution in [2.24, 2.45) is 0 Å². The molecule has 4 aromatic rings. The number of aromatic nitrogens is 1. The second-order valence-electron chi connectivity index (χ2n) is 6.60. The molecule has 27 heavy (non-hydrogen) atoms. The van der Waals surface area contributed by atoms with Crippen molar-refractivity contribution in [3.8, 4) is 11.1 Å². The van der Waals surface area contributed by atoms with Crippen molar-refractivity contribution in [1.82, 2.24) is 10.3 Å². The first-order valence-electron chi connectivity index (χ1n) is 9.05. The van der Waals surface area contributed by atoms with E-state index in [1.807, 2.05) is 24.4 Å². The van der Waals surface area contributed by atoms with Gasteiger partial charge >= 0.3 is 0 Å². The third-order valence-electron chi connectivity index (χ3n) is 4.80. The highest BCUT2D eigenvalue weighted by atomic mass is 19.1. The lowest BCUT2D eigenvalue weighted by Gasteiger charge is -2.10. The summed E-state index contributed by atoms with van der Waals surface area (Å²) in [5.41, 5.74) is 6.41. The molecule has 1 heterocycles. The standard InChI is InChI=1S/C24H21FN2/c1-17(18-7-9-20(10-8-18)19-5-3-2-4-6-19)26-14-13-21-16-27-24-12-11-22(25)15-23(21)24/h2-12,15-16,26-27H,1,13-14H2. The molecule has 0 saturated heterocycles. The number of benzene rings is 3. The highest BCUT2D eigenvalue weighted by Crippen LogP contribution is 2.22. The minimum Gasteiger partial charge on any atom is -0.385 e. The molecule has 0 aliphatic heterocycles. The molecule has 3 aromatic carbocycles.